The molecule has 24 heavy (non-hydrogen) atoms. The molecule has 0 saturated carbocycles. The Morgan fingerprint density at radius 2 is 1.96 bits per heavy atom. The Hall–Kier alpha value is -2.14. The molecule has 0 unspecified atom stereocenters. The number of para-hydroxylation sites is 1. The summed E-state index contributed by atoms with van der Waals surface area (Å²) in [6.07, 6.45) is 2.77. The van der Waals surface area contributed by atoms with Crippen LogP contribution in [0, 0.1) is 0 Å². The van der Waals surface area contributed by atoms with Crippen molar-refractivity contribution in [1.82, 2.24) is 9.97 Å². The fourth-order valence-electron chi connectivity index (χ4n) is 2.71. The average molecular weight is 341 g/mol. The maximum atomic E-state index is 5.42. The minimum atomic E-state index is 0.812. The summed E-state index contributed by atoms with van der Waals surface area (Å²) in [5.41, 5.74) is 1.20. The molecule has 3 rings (SSSR count). The van der Waals surface area contributed by atoms with Crippen molar-refractivity contribution in [2.45, 2.75) is 33.1 Å². The van der Waals surface area contributed by atoms with Crippen LogP contribution in [0.5, 0.6) is 5.75 Å². The standard InChI is InChI=1S/C19H23N3OS/c1-4-14-12-15-18(21-17(5-2)22-19(15)24-14)20-11-10-13-8-6-7-9-16(13)23-3/h6-9,12H,4-5,10-11H2,1-3H3,(H,20,21,22). The highest BCUT2D eigenvalue weighted by Crippen LogP contribution is 2.29. The van der Waals surface area contributed by atoms with Crippen LogP contribution in [-0.2, 0) is 19.3 Å². The molecule has 4 nitrogen and oxygen atoms in total. The van der Waals surface area contributed by atoms with Crippen LogP contribution >= 0.6 is 11.3 Å². The van der Waals surface area contributed by atoms with E-state index in [2.05, 4.69) is 36.3 Å². The second-order valence-corrected chi connectivity index (χ2v) is 6.73. The summed E-state index contributed by atoms with van der Waals surface area (Å²) >= 11 is 1.77. The van der Waals surface area contributed by atoms with E-state index in [0.717, 1.165) is 53.4 Å². The summed E-state index contributed by atoms with van der Waals surface area (Å²) in [6.45, 7) is 5.08. The lowest BCUT2D eigenvalue weighted by Gasteiger charge is -2.10. The van der Waals surface area contributed by atoms with Crippen LogP contribution in [0.25, 0.3) is 10.2 Å². The summed E-state index contributed by atoms with van der Waals surface area (Å²) in [5.74, 6) is 2.78. The third kappa shape index (κ3) is 3.51. The number of thiophene rings is 1. The van der Waals surface area contributed by atoms with Crippen molar-refractivity contribution in [2.75, 3.05) is 19.0 Å². The molecule has 0 aliphatic rings. The van der Waals surface area contributed by atoms with Gasteiger partial charge in [0.1, 0.15) is 22.2 Å². The number of benzene rings is 1. The van der Waals surface area contributed by atoms with Gasteiger partial charge in [-0.1, -0.05) is 32.0 Å². The number of methoxy groups -OCH3 is 1. The van der Waals surface area contributed by atoms with Crippen molar-refractivity contribution in [3.63, 3.8) is 0 Å². The largest absolute Gasteiger partial charge is 0.496 e. The van der Waals surface area contributed by atoms with Crippen LogP contribution in [0.1, 0.15) is 30.1 Å². The van der Waals surface area contributed by atoms with E-state index in [1.54, 1.807) is 18.4 Å². The van der Waals surface area contributed by atoms with E-state index < -0.39 is 0 Å². The van der Waals surface area contributed by atoms with Gasteiger partial charge in [0.2, 0.25) is 0 Å². The number of fused-ring (bicyclic) bond motifs is 1. The third-order valence-corrected chi connectivity index (χ3v) is 5.21. The number of aromatic nitrogens is 2. The predicted molar refractivity (Wildman–Crippen MR) is 101 cm³/mol. The Bertz CT molecular complexity index is 829. The van der Waals surface area contributed by atoms with Crippen molar-refractivity contribution >= 4 is 27.4 Å². The lowest BCUT2D eigenvalue weighted by atomic mass is 10.1. The van der Waals surface area contributed by atoms with Gasteiger partial charge in [-0.2, -0.15) is 0 Å². The van der Waals surface area contributed by atoms with Crippen molar-refractivity contribution < 1.29 is 4.74 Å². The summed E-state index contributed by atoms with van der Waals surface area (Å²) < 4.78 is 5.42. The van der Waals surface area contributed by atoms with Crippen LogP contribution < -0.4 is 10.1 Å². The maximum Gasteiger partial charge on any atom is 0.138 e. The van der Waals surface area contributed by atoms with Crippen LogP contribution in [0.4, 0.5) is 5.82 Å². The zero-order chi connectivity index (χ0) is 16.9. The highest BCUT2D eigenvalue weighted by Gasteiger charge is 2.11. The first-order valence-electron chi connectivity index (χ1n) is 8.40. The van der Waals surface area contributed by atoms with Gasteiger partial charge in [0.15, 0.2) is 0 Å². The van der Waals surface area contributed by atoms with Crippen molar-refractivity contribution in [1.29, 1.82) is 0 Å². The van der Waals surface area contributed by atoms with Crippen molar-refractivity contribution in [3.8, 4) is 5.75 Å². The second kappa shape index (κ2) is 7.62. The van der Waals surface area contributed by atoms with Crippen LogP contribution in [0.2, 0.25) is 0 Å². The predicted octanol–water partition coefficient (Wildman–Crippen LogP) is 4.48. The van der Waals surface area contributed by atoms with Crippen molar-refractivity contribution in [3.05, 3.63) is 46.6 Å². The fourth-order valence-corrected chi connectivity index (χ4v) is 3.69. The molecule has 1 N–H and O–H groups in total. The molecule has 0 aliphatic heterocycles. The van der Waals surface area contributed by atoms with Gasteiger partial charge in [0.05, 0.1) is 12.5 Å². The molecule has 0 fully saturated rings. The zero-order valence-corrected chi connectivity index (χ0v) is 15.2. The van der Waals surface area contributed by atoms with E-state index in [4.69, 9.17) is 9.72 Å². The summed E-state index contributed by atoms with van der Waals surface area (Å²) in [5, 5.41) is 4.63. The molecule has 0 spiro atoms. The topological polar surface area (TPSA) is 47.0 Å². The van der Waals surface area contributed by atoms with Gasteiger partial charge in [0.25, 0.3) is 0 Å². The van der Waals surface area contributed by atoms with Crippen LogP contribution in [-0.4, -0.2) is 23.6 Å². The SMILES string of the molecule is CCc1nc(NCCc2ccccc2OC)c2cc(CC)sc2n1. The molecule has 5 heteroatoms. The first-order valence-corrected chi connectivity index (χ1v) is 9.21. The number of anilines is 1. The summed E-state index contributed by atoms with van der Waals surface area (Å²) in [7, 11) is 1.71. The molecule has 2 heterocycles. The fraction of sp³-hybridized carbons (Fsp3) is 0.368. The Kier molecular flexibility index (Phi) is 5.30. The number of hydrogen-bond acceptors (Lipinski definition) is 5. The smallest absolute Gasteiger partial charge is 0.138 e. The molecule has 2 aromatic heterocycles. The molecule has 1 aromatic carbocycles. The first kappa shape index (κ1) is 16.7. The van der Waals surface area contributed by atoms with Gasteiger partial charge in [0, 0.05) is 17.8 Å². The molecule has 0 aliphatic carbocycles. The highest BCUT2D eigenvalue weighted by atomic mass is 32.1. The van der Waals surface area contributed by atoms with Gasteiger partial charge in [-0.25, -0.2) is 9.97 Å². The van der Waals surface area contributed by atoms with Gasteiger partial charge < -0.3 is 10.1 Å². The number of nitrogens with one attached hydrogen (secondary N) is 1. The minimum Gasteiger partial charge on any atom is -0.496 e. The number of rotatable bonds is 7. The maximum absolute atomic E-state index is 5.42. The lowest BCUT2D eigenvalue weighted by Crippen LogP contribution is -2.09. The number of hydrogen-bond donors (Lipinski definition) is 1. The van der Waals surface area contributed by atoms with Crippen LogP contribution in [0.3, 0.4) is 0 Å². The van der Waals surface area contributed by atoms with Crippen molar-refractivity contribution in [2.24, 2.45) is 0 Å². The number of nitrogens with zero attached hydrogens (tertiary/aromatic N) is 2. The van der Waals surface area contributed by atoms with E-state index in [0.29, 0.717) is 0 Å². The van der Waals surface area contributed by atoms with Gasteiger partial charge in [-0.15, -0.1) is 11.3 Å². The van der Waals surface area contributed by atoms with Gasteiger partial charge >= 0.3 is 0 Å². The molecule has 0 amide bonds. The molecular formula is C19H23N3OS. The number of aryl methyl sites for hydroxylation is 2. The highest BCUT2D eigenvalue weighted by molar-refractivity contribution is 7.18. The molecule has 126 valence electrons. The zero-order valence-electron chi connectivity index (χ0n) is 14.4. The van der Waals surface area contributed by atoms with Gasteiger partial charge in [-0.05, 0) is 30.5 Å². The molecule has 0 radical (unpaired) electrons. The monoisotopic (exact) mass is 341 g/mol. The van der Waals surface area contributed by atoms with E-state index >= 15 is 0 Å². The molecule has 0 atom stereocenters. The van der Waals surface area contributed by atoms with Gasteiger partial charge in [-0.3, -0.25) is 0 Å². The van der Waals surface area contributed by atoms with E-state index in [1.807, 2.05) is 18.2 Å². The first-order chi connectivity index (χ1) is 11.7. The summed E-state index contributed by atoms with van der Waals surface area (Å²) in [6, 6.07) is 10.4. The minimum absolute atomic E-state index is 0.812. The third-order valence-electron chi connectivity index (χ3n) is 4.03. The van der Waals surface area contributed by atoms with E-state index in [9.17, 15) is 0 Å². The second-order valence-electron chi connectivity index (χ2n) is 5.62. The molecular weight excluding hydrogens is 318 g/mol. The van der Waals surface area contributed by atoms with Crippen LogP contribution in [0.15, 0.2) is 30.3 Å². The molecule has 0 saturated heterocycles. The Morgan fingerprint density at radius 3 is 2.71 bits per heavy atom. The number of ether oxygens (including phenoxy) is 1. The Morgan fingerprint density at radius 1 is 1.12 bits per heavy atom. The Labute approximate surface area is 146 Å². The lowest BCUT2D eigenvalue weighted by molar-refractivity contribution is 0.410. The molecule has 3 aromatic rings. The Balaban J connectivity index is 1.80. The molecule has 0 bridgehead atoms. The van der Waals surface area contributed by atoms with E-state index in [1.165, 1.54) is 10.4 Å². The quantitative estimate of drug-likeness (QED) is 0.688. The van der Waals surface area contributed by atoms with E-state index in [-0.39, 0.29) is 0 Å². The normalized spacial score (nSPS) is 11.0. The summed E-state index contributed by atoms with van der Waals surface area (Å²) in [4.78, 5) is 11.8. The average Bonchev–Trinajstić information content (AvgIpc) is 3.05.